The highest BCUT2D eigenvalue weighted by molar-refractivity contribution is 7.11. The summed E-state index contributed by atoms with van der Waals surface area (Å²) in [6.07, 6.45) is 0.0314. The number of thiazole rings is 1. The van der Waals surface area contributed by atoms with Gasteiger partial charge in [-0.3, -0.25) is 4.79 Å². The molecule has 0 saturated carbocycles. The SMILES string of the molecule is O=C(Cc1scc(-c2ccc(Cl)cc2)c1C(=O)O)c1cscn1. The molecule has 0 radical (unpaired) electrons. The molecule has 0 spiro atoms. The van der Waals surface area contributed by atoms with Crippen LogP contribution in [-0.4, -0.2) is 21.8 Å². The van der Waals surface area contributed by atoms with Gasteiger partial charge < -0.3 is 5.11 Å². The largest absolute Gasteiger partial charge is 0.478 e. The first-order valence-electron chi connectivity index (χ1n) is 6.57. The van der Waals surface area contributed by atoms with Crippen LogP contribution in [0, 0.1) is 0 Å². The van der Waals surface area contributed by atoms with E-state index in [2.05, 4.69) is 4.98 Å². The summed E-state index contributed by atoms with van der Waals surface area (Å²) in [5.74, 6) is -1.23. The zero-order valence-corrected chi connectivity index (χ0v) is 14.0. The number of aromatic carboxylic acids is 1. The normalized spacial score (nSPS) is 10.7. The molecule has 0 amide bonds. The number of rotatable bonds is 5. The number of hydrogen-bond acceptors (Lipinski definition) is 5. The first kappa shape index (κ1) is 15.9. The highest BCUT2D eigenvalue weighted by Crippen LogP contribution is 2.33. The molecule has 2 aromatic heterocycles. The van der Waals surface area contributed by atoms with Gasteiger partial charge in [0.2, 0.25) is 0 Å². The minimum absolute atomic E-state index is 0.0314. The van der Waals surface area contributed by atoms with Gasteiger partial charge in [0.25, 0.3) is 0 Å². The third kappa shape index (κ3) is 3.34. The summed E-state index contributed by atoms with van der Waals surface area (Å²) in [6, 6.07) is 6.95. The maximum absolute atomic E-state index is 12.2. The first-order valence-corrected chi connectivity index (χ1v) is 8.77. The molecule has 3 rings (SSSR count). The van der Waals surface area contributed by atoms with Gasteiger partial charge in [0.15, 0.2) is 5.78 Å². The van der Waals surface area contributed by atoms with Gasteiger partial charge in [-0.2, -0.15) is 0 Å². The van der Waals surface area contributed by atoms with Crippen LogP contribution in [0.25, 0.3) is 11.1 Å². The Morgan fingerprint density at radius 2 is 1.91 bits per heavy atom. The molecule has 23 heavy (non-hydrogen) atoms. The molecule has 1 aromatic carbocycles. The van der Waals surface area contributed by atoms with Crippen LogP contribution >= 0.6 is 34.3 Å². The molecule has 1 N–H and O–H groups in total. The lowest BCUT2D eigenvalue weighted by atomic mass is 10.0. The van der Waals surface area contributed by atoms with Crippen molar-refractivity contribution >= 4 is 46.0 Å². The number of carboxylic acids is 1. The van der Waals surface area contributed by atoms with Crippen molar-refractivity contribution < 1.29 is 14.7 Å². The summed E-state index contributed by atoms with van der Waals surface area (Å²) in [7, 11) is 0. The molecule has 2 heterocycles. The van der Waals surface area contributed by atoms with Gasteiger partial charge in [0.1, 0.15) is 5.69 Å². The molecule has 0 atom stereocenters. The molecule has 4 nitrogen and oxygen atoms in total. The van der Waals surface area contributed by atoms with E-state index in [1.54, 1.807) is 40.5 Å². The van der Waals surface area contributed by atoms with Crippen LogP contribution in [0.5, 0.6) is 0 Å². The molecular weight excluding hydrogens is 354 g/mol. The summed E-state index contributed by atoms with van der Waals surface area (Å²) in [4.78, 5) is 28.3. The number of hydrogen-bond donors (Lipinski definition) is 1. The highest BCUT2D eigenvalue weighted by atomic mass is 35.5. The topological polar surface area (TPSA) is 67.3 Å². The fourth-order valence-electron chi connectivity index (χ4n) is 2.19. The Morgan fingerprint density at radius 1 is 1.17 bits per heavy atom. The van der Waals surface area contributed by atoms with E-state index in [1.807, 2.05) is 0 Å². The average molecular weight is 364 g/mol. The monoisotopic (exact) mass is 363 g/mol. The van der Waals surface area contributed by atoms with E-state index in [-0.39, 0.29) is 17.8 Å². The summed E-state index contributed by atoms with van der Waals surface area (Å²) < 4.78 is 0. The third-order valence-corrected chi connectivity index (χ3v) is 5.10. The molecule has 0 saturated heterocycles. The van der Waals surface area contributed by atoms with E-state index in [1.165, 1.54) is 22.7 Å². The Kier molecular flexibility index (Phi) is 4.56. The number of nitrogens with zero attached hydrogens (tertiary/aromatic N) is 1. The van der Waals surface area contributed by atoms with Crippen LogP contribution < -0.4 is 0 Å². The van der Waals surface area contributed by atoms with Crippen LogP contribution in [0.2, 0.25) is 5.02 Å². The van der Waals surface area contributed by atoms with Crippen molar-refractivity contribution in [2.24, 2.45) is 0 Å². The molecule has 7 heteroatoms. The number of carbonyl (C=O) groups is 2. The standard InChI is InChI=1S/C16H10ClNO3S2/c17-10-3-1-9(2-4-10)11-6-23-14(15(11)16(20)21)5-13(19)12-7-22-8-18-12/h1-4,6-8H,5H2,(H,20,21). The number of thiophene rings is 1. The highest BCUT2D eigenvalue weighted by Gasteiger charge is 2.22. The lowest BCUT2D eigenvalue weighted by Gasteiger charge is -2.03. The fraction of sp³-hybridized carbons (Fsp3) is 0.0625. The lowest BCUT2D eigenvalue weighted by Crippen LogP contribution is -2.07. The van der Waals surface area contributed by atoms with Crippen molar-refractivity contribution in [3.63, 3.8) is 0 Å². The van der Waals surface area contributed by atoms with E-state index in [0.29, 0.717) is 21.2 Å². The average Bonchev–Trinajstić information content (AvgIpc) is 3.17. The van der Waals surface area contributed by atoms with Gasteiger partial charge in [-0.1, -0.05) is 23.7 Å². The van der Waals surface area contributed by atoms with Crippen molar-refractivity contribution in [2.45, 2.75) is 6.42 Å². The van der Waals surface area contributed by atoms with E-state index in [4.69, 9.17) is 11.6 Å². The molecule has 3 aromatic rings. The van der Waals surface area contributed by atoms with E-state index >= 15 is 0 Å². The zero-order valence-electron chi connectivity index (χ0n) is 11.7. The van der Waals surface area contributed by atoms with Crippen molar-refractivity contribution in [2.75, 3.05) is 0 Å². The van der Waals surface area contributed by atoms with Gasteiger partial charge in [-0.05, 0) is 23.1 Å². The number of halogens is 1. The van der Waals surface area contributed by atoms with Crippen LogP contribution in [0.4, 0.5) is 0 Å². The molecule has 0 aliphatic heterocycles. The first-order chi connectivity index (χ1) is 11.1. The Hall–Kier alpha value is -2.02. The van der Waals surface area contributed by atoms with E-state index in [0.717, 1.165) is 5.56 Å². The number of carboxylic acid groups (broad SMARTS) is 1. The smallest absolute Gasteiger partial charge is 0.337 e. The molecule has 0 aliphatic carbocycles. The maximum atomic E-state index is 12.2. The Morgan fingerprint density at radius 3 is 2.52 bits per heavy atom. The number of Topliss-reactive ketones (excluding diaryl/α,β-unsaturated/α-hetero) is 1. The molecular formula is C16H10ClNO3S2. The van der Waals surface area contributed by atoms with Gasteiger partial charge in [-0.15, -0.1) is 22.7 Å². The second-order valence-corrected chi connectivity index (χ2v) is 6.85. The third-order valence-electron chi connectivity index (χ3n) is 3.28. The summed E-state index contributed by atoms with van der Waals surface area (Å²) >= 11 is 8.47. The fourth-order valence-corrected chi connectivity index (χ4v) is 3.92. The van der Waals surface area contributed by atoms with E-state index in [9.17, 15) is 14.7 Å². The van der Waals surface area contributed by atoms with Crippen LogP contribution in [0.3, 0.4) is 0 Å². The number of benzene rings is 1. The predicted molar refractivity (Wildman–Crippen MR) is 91.9 cm³/mol. The second-order valence-electron chi connectivity index (χ2n) is 4.73. The Bertz CT molecular complexity index is 854. The van der Waals surface area contributed by atoms with Crippen LogP contribution in [0.15, 0.2) is 40.5 Å². The number of aromatic nitrogens is 1. The number of carbonyl (C=O) groups excluding carboxylic acids is 1. The predicted octanol–water partition coefficient (Wildman–Crippen LogP) is 4.65. The second kappa shape index (κ2) is 6.62. The van der Waals surface area contributed by atoms with Gasteiger partial charge in [0, 0.05) is 27.3 Å². The van der Waals surface area contributed by atoms with Crippen molar-refractivity contribution in [3.8, 4) is 11.1 Å². The van der Waals surface area contributed by atoms with Crippen molar-refractivity contribution in [1.82, 2.24) is 4.98 Å². The zero-order chi connectivity index (χ0) is 16.4. The summed E-state index contributed by atoms with van der Waals surface area (Å²) in [5, 5.41) is 13.6. The van der Waals surface area contributed by atoms with E-state index < -0.39 is 5.97 Å². The Labute approximate surface area is 145 Å². The molecule has 0 fully saturated rings. The van der Waals surface area contributed by atoms with Crippen molar-refractivity contribution in [3.05, 3.63) is 61.7 Å². The summed E-state index contributed by atoms with van der Waals surface area (Å²) in [6.45, 7) is 0. The maximum Gasteiger partial charge on any atom is 0.337 e. The lowest BCUT2D eigenvalue weighted by molar-refractivity contribution is 0.0697. The van der Waals surface area contributed by atoms with Gasteiger partial charge in [-0.25, -0.2) is 9.78 Å². The molecule has 0 aliphatic rings. The molecule has 116 valence electrons. The summed E-state index contributed by atoms with van der Waals surface area (Å²) in [5.41, 5.74) is 3.48. The quantitative estimate of drug-likeness (QED) is 0.670. The van der Waals surface area contributed by atoms with Crippen LogP contribution in [0.1, 0.15) is 25.7 Å². The minimum atomic E-state index is -1.04. The molecule has 0 unspecified atom stereocenters. The minimum Gasteiger partial charge on any atom is -0.478 e. The van der Waals surface area contributed by atoms with Crippen LogP contribution in [-0.2, 0) is 6.42 Å². The Balaban J connectivity index is 1.97. The molecule has 0 bridgehead atoms. The van der Waals surface area contributed by atoms with Gasteiger partial charge >= 0.3 is 5.97 Å². The number of ketones is 1. The van der Waals surface area contributed by atoms with Gasteiger partial charge in [0.05, 0.1) is 11.1 Å². The van der Waals surface area contributed by atoms with Crippen molar-refractivity contribution in [1.29, 1.82) is 0 Å².